The first-order valence-electron chi connectivity index (χ1n) is 9.57. The Labute approximate surface area is 170 Å². The van der Waals surface area contributed by atoms with E-state index in [9.17, 15) is 5.11 Å². The maximum Gasteiger partial charge on any atom is 0.226 e. The van der Waals surface area contributed by atoms with Gasteiger partial charge in [-0.05, 0) is 43.2 Å². The summed E-state index contributed by atoms with van der Waals surface area (Å²) in [4.78, 5) is 9.08. The van der Waals surface area contributed by atoms with E-state index < -0.39 is 0 Å². The van der Waals surface area contributed by atoms with E-state index in [0.29, 0.717) is 30.7 Å². The number of hydrogen-bond donors (Lipinski definition) is 3. The third-order valence-electron chi connectivity index (χ3n) is 4.27. The summed E-state index contributed by atoms with van der Waals surface area (Å²) < 4.78 is 10.7. The van der Waals surface area contributed by atoms with Gasteiger partial charge in [0, 0.05) is 18.7 Å². The third-order valence-corrected chi connectivity index (χ3v) is 4.27. The summed E-state index contributed by atoms with van der Waals surface area (Å²) in [5.41, 5.74) is 2.77. The van der Waals surface area contributed by atoms with Gasteiger partial charge in [0.05, 0.1) is 13.7 Å². The van der Waals surface area contributed by atoms with Crippen molar-refractivity contribution in [1.82, 2.24) is 15.6 Å². The minimum absolute atomic E-state index is 0.140. The van der Waals surface area contributed by atoms with E-state index in [1.807, 2.05) is 49.4 Å². The number of phenolic OH excluding ortho intramolecular Hbond substituents is 1. The van der Waals surface area contributed by atoms with Gasteiger partial charge in [-0.3, -0.25) is 0 Å². The fourth-order valence-electron chi connectivity index (χ4n) is 2.80. The first-order chi connectivity index (χ1) is 14.2. The molecule has 0 aliphatic heterocycles. The number of nitrogens with zero attached hydrogens (tertiary/aromatic N) is 2. The molecule has 29 heavy (non-hydrogen) atoms. The molecule has 7 heteroatoms. The fraction of sp³-hybridized carbons (Fsp3) is 0.273. The number of hydrogen-bond acceptors (Lipinski definition) is 5. The summed E-state index contributed by atoms with van der Waals surface area (Å²) in [6, 6.07) is 15.1. The molecule has 0 saturated heterocycles. The Morgan fingerprint density at radius 3 is 2.76 bits per heavy atom. The number of aromatic nitrogens is 1. The van der Waals surface area contributed by atoms with Gasteiger partial charge in [0.2, 0.25) is 5.89 Å². The summed E-state index contributed by atoms with van der Waals surface area (Å²) >= 11 is 0. The summed E-state index contributed by atoms with van der Waals surface area (Å²) in [5, 5.41) is 16.2. The molecule has 0 aliphatic rings. The number of ether oxygens (including phenoxy) is 1. The van der Waals surface area contributed by atoms with Gasteiger partial charge < -0.3 is 24.9 Å². The smallest absolute Gasteiger partial charge is 0.226 e. The molecule has 0 atom stereocenters. The number of rotatable bonds is 8. The van der Waals surface area contributed by atoms with E-state index in [-0.39, 0.29) is 5.75 Å². The van der Waals surface area contributed by atoms with Crippen LogP contribution in [0.3, 0.4) is 0 Å². The fourth-order valence-corrected chi connectivity index (χ4v) is 2.80. The van der Waals surface area contributed by atoms with Crippen molar-refractivity contribution in [3.63, 3.8) is 0 Å². The highest BCUT2D eigenvalue weighted by atomic mass is 16.5. The Hall–Kier alpha value is -3.48. The van der Waals surface area contributed by atoms with Crippen LogP contribution in [0.2, 0.25) is 0 Å². The van der Waals surface area contributed by atoms with Crippen LogP contribution in [0.1, 0.15) is 18.2 Å². The van der Waals surface area contributed by atoms with Crippen molar-refractivity contribution in [3.05, 3.63) is 66.1 Å². The first kappa shape index (κ1) is 20.3. The van der Waals surface area contributed by atoms with Gasteiger partial charge in [0.15, 0.2) is 17.5 Å². The summed E-state index contributed by atoms with van der Waals surface area (Å²) in [5.74, 6) is 1.92. The number of benzene rings is 2. The molecule has 3 N–H and O–H groups in total. The van der Waals surface area contributed by atoms with Crippen LogP contribution in [0.4, 0.5) is 0 Å². The van der Waals surface area contributed by atoms with Crippen molar-refractivity contribution in [2.24, 2.45) is 4.99 Å². The van der Waals surface area contributed by atoms with Crippen LogP contribution in [-0.2, 0) is 13.0 Å². The molecule has 0 radical (unpaired) electrons. The molecular formula is C22H26N4O3. The van der Waals surface area contributed by atoms with Gasteiger partial charge in [-0.1, -0.05) is 24.3 Å². The molecule has 7 nitrogen and oxygen atoms in total. The maximum atomic E-state index is 9.69. The Bertz CT molecular complexity index is 938. The lowest BCUT2D eigenvalue weighted by Crippen LogP contribution is -2.38. The van der Waals surface area contributed by atoms with E-state index in [1.165, 1.54) is 0 Å². The van der Waals surface area contributed by atoms with E-state index in [4.69, 9.17) is 9.15 Å². The van der Waals surface area contributed by atoms with Crippen molar-refractivity contribution in [2.45, 2.75) is 19.9 Å². The zero-order valence-electron chi connectivity index (χ0n) is 16.7. The van der Waals surface area contributed by atoms with Crippen LogP contribution in [0.15, 0.2) is 64.2 Å². The van der Waals surface area contributed by atoms with Crippen molar-refractivity contribution >= 4 is 5.96 Å². The van der Waals surface area contributed by atoms with E-state index in [2.05, 4.69) is 20.6 Å². The standard InChI is InChI=1S/C22H26N4O3/c1-3-23-22(24-12-11-16-9-10-19(27)20(13-16)28-2)25-14-18-15-29-21(26-18)17-7-5-4-6-8-17/h4-10,13,15,27H,3,11-12,14H2,1-2H3,(H2,23,24,25). The van der Waals surface area contributed by atoms with Crippen LogP contribution in [-0.4, -0.2) is 36.2 Å². The van der Waals surface area contributed by atoms with Crippen molar-refractivity contribution in [2.75, 3.05) is 20.2 Å². The van der Waals surface area contributed by atoms with Crippen molar-refractivity contribution in [3.8, 4) is 23.0 Å². The maximum absolute atomic E-state index is 9.69. The number of oxazole rings is 1. The quantitative estimate of drug-likeness (QED) is 0.401. The molecule has 0 saturated carbocycles. The lowest BCUT2D eigenvalue weighted by atomic mass is 10.1. The van der Waals surface area contributed by atoms with Gasteiger partial charge in [0.25, 0.3) is 0 Å². The number of guanidine groups is 1. The highest BCUT2D eigenvalue weighted by Crippen LogP contribution is 2.26. The Morgan fingerprint density at radius 1 is 1.17 bits per heavy atom. The zero-order valence-corrected chi connectivity index (χ0v) is 16.7. The SMILES string of the molecule is CCNC(=NCc1coc(-c2ccccc2)n1)NCCc1ccc(O)c(OC)c1. The largest absolute Gasteiger partial charge is 0.504 e. The molecule has 3 rings (SSSR count). The second kappa shape index (κ2) is 10.2. The van der Waals surface area contributed by atoms with Gasteiger partial charge in [-0.15, -0.1) is 0 Å². The first-order valence-corrected chi connectivity index (χ1v) is 9.57. The highest BCUT2D eigenvalue weighted by Gasteiger charge is 2.07. The molecule has 1 aromatic heterocycles. The molecule has 0 bridgehead atoms. The molecule has 0 aliphatic carbocycles. The van der Waals surface area contributed by atoms with Gasteiger partial charge >= 0.3 is 0 Å². The van der Waals surface area contributed by atoms with Crippen LogP contribution < -0.4 is 15.4 Å². The number of phenols is 1. The minimum Gasteiger partial charge on any atom is -0.504 e. The molecule has 0 amide bonds. The summed E-state index contributed by atoms with van der Waals surface area (Å²) in [6.07, 6.45) is 2.40. The lowest BCUT2D eigenvalue weighted by Gasteiger charge is -2.11. The van der Waals surface area contributed by atoms with E-state index in [1.54, 1.807) is 19.4 Å². The molecule has 0 fully saturated rings. The van der Waals surface area contributed by atoms with E-state index in [0.717, 1.165) is 29.8 Å². The number of aliphatic imine (C=N–C) groups is 1. The second-order valence-electron chi connectivity index (χ2n) is 6.39. The average Bonchev–Trinajstić information content (AvgIpc) is 3.23. The summed E-state index contributed by atoms with van der Waals surface area (Å²) in [7, 11) is 1.54. The van der Waals surface area contributed by atoms with Gasteiger partial charge in [0.1, 0.15) is 12.0 Å². The normalized spacial score (nSPS) is 11.3. The van der Waals surface area contributed by atoms with Crippen LogP contribution in [0, 0.1) is 0 Å². The average molecular weight is 394 g/mol. The lowest BCUT2D eigenvalue weighted by molar-refractivity contribution is 0.373. The second-order valence-corrected chi connectivity index (χ2v) is 6.39. The number of methoxy groups -OCH3 is 1. The van der Waals surface area contributed by atoms with Gasteiger partial charge in [-0.25, -0.2) is 9.98 Å². The molecule has 1 heterocycles. The molecular weight excluding hydrogens is 368 g/mol. The van der Waals surface area contributed by atoms with Crippen LogP contribution >= 0.6 is 0 Å². The Kier molecular flexibility index (Phi) is 7.10. The predicted molar refractivity (Wildman–Crippen MR) is 113 cm³/mol. The number of nitrogens with one attached hydrogen (secondary N) is 2. The van der Waals surface area contributed by atoms with Gasteiger partial charge in [-0.2, -0.15) is 0 Å². The summed E-state index contributed by atoms with van der Waals surface area (Å²) in [6.45, 7) is 3.88. The predicted octanol–water partition coefficient (Wildman–Crippen LogP) is 3.35. The van der Waals surface area contributed by atoms with E-state index >= 15 is 0 Å². The molecule has 0 spiro atoms. The van der Waals surface area contributed by atoms with Crippen molar-refractivity contribution < 1.29 is 14.3 Å². The minimum atomic E-state index is 0.140. The highest BCUT2D eigenvalue weighted by molar-refractivity contribution is 5.79. The van der Waals surface area contributed by atoms with Crippen molar-refractivity contribution in [1.29, 1.82) is 0 Å². The van der Waals surface area contributed by atoms with Crippen LogP contribution in [0.5, 0.6) is 11.5 Å². The molecule has 152 valence electrons. The molecule has 0 unspecified atom stereocenters. The topological polar surface area (TPSA) is 91.9 Å². The zero-order chi connectivity index (χ0) is 20.5. The molecule has 3 aromatic rings. The Morgan fingerprint density at radius 2 is 2.00 bits per heavy atom. The monoisotopic (exact) mass is 394 g/mol. The van der Waals surface area contributed by atoms with Crippen LogP contribution in [0.25, 0.3) is 11.5 Å². The molecule has 2 aromatic carbocycles. The number of aromatic hydroxyl groups is 1. The third kappa shape index (κ3) is 5.75. The Balaban J connectivity index is 1.57.